The Bertz CT molecular complexity index is 400. The molecule has 0 aromatic carbocycles. The first kappa shape index (κ1) is 11.6. The van der Waals surface area contributed by atoms with Crippen molar-refractivity contribution < 1.29 is 8.42 Å². The molecule has 1 aromatic rings. The summed E-state index contributed by atoms with van der Waals surface area (Å²) in [6.07, 6.45) is 1.45. The van der Waals surface area contributed by atoms with Gasteiger partial charge in [-0.2, -0.15) is 0 Å². The van der Waals surface area contributed by atoms with Crippen molar-refractivity contribution in [3.8, 4) is 0 Å². The van der Waals surface area contributed by atoms with Gasteiger partial charge >= 0.3 is 0 Å². The van der Waals surface area contributed by atoms with Crippen LogP contribution in [0.3, 0.4) is 0 Å². The van der Waals surface area contributed by atoms with Gasteiger partial charge in [-0.1, -0.05) is 0 Å². The molecule has 0 aliphatic carbocycles. The van der Waals surface area contributed by atoms with Crippen molar-refractivity contribution in [2.75, 3.05) is 0 Å². The second kappa shape index (κ2) is 4.37. The van der Waals surface area contributed by atoms with Gasteiger partial charge in [0.15, 0.2) is 5.03 Å². The fourth-order valence-electron chi connectivity index (χ4n) is 0.892. The van der Waals surface area contributed by atoms with Crippen LogP contribution < -0.4 is 4.72 Å². The molecule has 78 valence electrons. The van der Waals surface area contributed by atoms with E-state index in [9.17, 15) is 8.42 Å². The molecule has 0 atom stereocenters. The summed E-state index contributed by atoms with van der Waals surface area (Å²) >= 11 is 3.19. The molecular weight excluding hydrogens is 268 g/mol. The molecule has 1 rings (SSSR count). The monoisotopic (exact) mass is 278 g/mol. The topological polar surface area (TPSA) is 59.1 Å². The van der Waals surface area contributed by atoms with Gasteiger partial charge in [-0.05, 0) is 41.9 Å². The van der Waals surface area contributed by atoms with Gasteiger partial charge in [-0.15, -0.1) is 0 Å². The molecule has 14 heavy (non-hydrogen) atoms. The Kier molecular flexibility index (Phi) is 3.63. The predicted octanol–water partition coefficient (Wildman–Crippen LogP) is 1.53. The van der Waals surface area contributed by atoms with Crippen molar-refractivity contribution in [2.24, 2.45) is 0 Å². The summed E-state index contributed by atoms with van der Waals surface area (Å²) in [6, 6.07) is 2.96. The molecule has 6 heteroatoms. The first-order valence-corrected chi connectivity index (χ1v) is 6.33. The van der Waals surface area contributed by atoms with Crippen molar-refractivity contribution in [1.82, 2.24) is 9.71 Å². The van der Waals surface area contributed by atoms with Gasteiger partial charge < -0.3 is 0 Å². The van der Waals surface area contributed by atoms with Crippen LogP contribution in [0.1, 0.15) is 13.8 Å². The number of hydrogen-bond donors (Lipinski definition) is 1. The van der Waals surface area contributed by atoms with Crippen LogP contribution in [0.5, 0.6) is 0 Å². The normalized spacial score (nSPS) is 12.0. The lowest BCUT2D eigenvalue weighted by atomic mass is 10.4. The van der Waals surface area contributed by atoms with Crippen LogP contribution in [-0.2, 0) is 10.0 Å². The third-order valence-corrected chi connectivity index (χ3v) is 3.41. The third-order valence-electron chi connectivity index (χ3n) is 1.37. The predicted molar refractivity (Wildman–Crippen MR) is 57.4 cm³/mol. The van der Waals surface area contributed by atoms with Crippen LogP contribution >= 0.6 is 15.9 Å². The first-order valence-electron chi connectivity index (χ1n) is 4.06. The zero-order valence-corrected chi connectivity index (χ0v) is 10.3. The Labute approximate surface area is 91.9 Å². The minimum Gasteiger partial charge on any atom is -0.242 e. The molecule has 4 nitrogen and oxygen atoms in total. The quantitative estimate of drug-likeness (QED) is 0.912. The number of nitrogens with zero attached hydrogens (tertiary/aromatic N) is 1. The Balaban J connectivity index is 2.99. The summed E-state index contributed by atoms with van der Waals surface area (Å²) in [7, 11) is -3.46. The molecule has 0 bridgehead atoms. The third kappa shape index (κ3) is 3.04. The van der Waals surface area contributed by atoms with E-state index in [2.05, 4.69) is 25.6 Å². The van der Waals surface area contributed by atoms with Crippen molar-refractivity contribution in [3.05, 3.63) is 22.8 Å². The molecule has 0 saturated heterocycles. The maximum Gasteiger partial charge on any atom is 0.258 e. The van der Waals surface area contributed by atoms with Crippen LogP contribution in [-0.4, -0.2) is 19.4 Å². The standard InChI is InChI=1S/C8H11BrN2O2S/c1-6(2)11-14(12,13)8-4-3-7(9)5-10-8/h3-6,11H,1-2H3. The van der Waals surface area contributed by atoms with Gasteiger partial charge in [-0.25, -0.2) is 18.1 Å². The lowest BCUT2D eigenvalue weighted by Crippen LogP contribution is -2.30. The van der Waals surface area contributed by atoms with Crippen LogP contribution in [0.15, 0.2) is 27.8 Å². The maximum atomic E-state index is 11.6. The van der Waals surface area contributed by atoms with E-state index in [1.54, 1.807) is 19.9 Å². The molecular formula is C8H11BrN2O2S. The number of pyridine rings is 1. The molecule has 1 heterocycles. The van der Waals surface area contributed by atoms with Gasteiger partial charge in [0.05, 0.1) is 0 Å². The molecule has 0 aliphatic rings. The van der Waals surface area contributed by atoms with Crippen molar-refractivity contribution in [1.29, 1.82) is 0 Å². The largest absolute Gasteiger partial charge is 0.258 e. The molecule has 0 fully saturated rings. The fourth-order valence-corrected chi connectivity index (χ4v) is 2.31. The average molecular weight is 279 g/mol. The average Bonchev–Trinajstić information content (AvgIpc) is 2.02. The number of sulfonamides is 1. The van der Waals surface area contributed by atoms with Gasteiger partial charge in [0.2, 0.25) is 0 Å². The molecule has 0 aliphatic heterocycles. The Morgan fingerprint density at radius 3 is 2.50 bits per heavy atom. The van der Waals surface area contributed by atoms with Gasteiger partial charge in [0.1, 0.15) is 0 Å². The Hall–Kier alpha value is -0.460. The first-order chi connectivity index (χ1) is 6.42. The van der Waals surface area contributed by atoms with E-state index in [-0.39, 0.29) is 11.1 Å². The second-order valence-corrected chi connectivity index (χ2v) is 5.67. The molecule has 0 saturated carbocycles. The number of aromatic nitrogens is 1. The smallest absolute Gasteiger partial charge is 0.242 e. The molecule has 0 radical (unpaired) electrons. The van der Waals surface area contributed by atoms with E-state index in [1.807, 2.05) is 0 Å². The molecule has 1 aromatic heterocycles. The van der Waals surface area contributed by atoms with Gasteiger partial charge in [0.25, 0.3) is 10.0 Å². The summed E-state index contributed by atoms with van der Waals surface area (Å²) in [5.74, 6) is 0. The zero-order chi connectivity index (χ0) is 10.8. The van der Waals surface area contributed by atoms with E-state index >= 15 is 0 Å². The lowest BCUT2D eigenvalue weighted by molar-refractivity contribution is 0.566. The fraction of sp³-hybridized carbons (Fsp3) is 0.375. The number of halogens is 1. The number of nitrogens with one attached hydrogen (secondary N) is 1. The zero-order valence-electron chi connectivity index (χ0n) is 7.86. The minimum atomic E-state index is -3.46. The molecule has 1 N–H and O–H groups in total. The molecule has 0 spiro atoms. The van der Waals surface area contributed by atoms with Crippen molar-refractivity contribution in [3.63, 3.8) is 0 Å². The highest BCUT2D eigenvalue weighted by atomic mass is 79.9. The van der Waals surface area contributed by atoms with E-state index in [1.165, 1.54) is 12.3 Å². The Morgan fingerprint density at radius 2 is 2.07 bits per heavy atom. The van der Waals surface area contributed by atoms with Crippen LogP contribution in [0.2, 0.25) is 0 Å². The van der Waals surface area contributed by atoms with Crippen molar-refractivity contribution in [2.45, 2.75) is 24.9 Å². The highest BCUT2D eigenvalue weighted by Crippen LogP contribution is 2.11. The number of hydrogen-bond acceptors (Lipinski definition) is 3. The van der Waals surface area contributed by atoms with E-state index in [0.29, 0.717) is 0 Å². The van der Waals surface area contributed by atoms with Crippen molar-refractivity contribution >= 4 is 26.0 Å². The second-order valence-electron chi connectivity index (χ2n) is 3.09. The number of rotatable bonds is 3. The molecule has 0 unspecified atom stereocenters. The summed E-state index contributed by atoms with van der Waals surface area (Å²) in [5.41, 5.74) is 0. The summed E-state index contributed by atoms with van der Waals surface area (Å²) in [6.45, 7) is 3.52. The highest BCUT2D eigenvalue weighted by molar-refractivity contribution is 9.10. The lowest BCUT2D eigenvalue weighted by Gasteiger charge is -2.08. The minimum absolute atomic E-state index is 0.0365. The highest BCUT2D eigenvalue weighted by Gasteiger charge is 2.15. The van der Waals surface area contributed by atoms with Gasteiger partial charge in [0, 0.05) is 16.7 Å². The van der Waals surface area contributed by atoms with E-state index in [4.69, 9.17) is 0 Å². The van der Waals surface area contributed by atoms with Crippen LogP contribution in [0, 0.1) is 0 Å². The molecule has 0 amide bonds. The van der Waals surface area contributed by atoms with E-state index < -0.39 is 10.0 Å². The van der Waals surface area contributed by atoms with Crippen LogP contribution in [0.25, 0.3) is 0 Å². The summed E-state index contributed by atoms with van der Waals surface area (Å²) in [5, 5.41) is 0.0365. The van der Waals surface area contributed by atoms with E-state index in [0.717, 1.165) is 4.47 Å². The SMILES string of the molecule is CC(C)NS(=O)(=O)c1ccc(Br)cn1. The van der Waals surface area contributed by atoms with Gasteiger partial charge in [-0.3, -0.25) is 0 Å². The Morgan fingerprint density at radius 1 is 1.43 bits per heavy atom. The summed E-state index contributed by atoms with van der Waals surface area (Å²) in [4.78, 5) is 3.81. The summed E-state index contributed by atoms with van der Waals surface area (Å²) < 4.78 is 26.3. The maximum absolute atomic E-state index is 11.6. The van der Waals surface area contributed by atoms with Crippen LogP contribution in [0.4, 0.5) is 0 Å².